The van der Waals surface area contributed by atoms with Gasteiger partial charge in [-0.15, -0.1) is 0 Å². The molecule has 1 rings (SSSR count). The molecule has 1 aromatic rings. The first kappa shape index (κ1) is 14.3. The van der Waals surface area contributed by atoms with Crippen molar-refractivity contribution in [2.75, 3.05) is 6.61 Å². The number of alkyl halides is 3. The third-order valence-corrected chi connectivity index (χ3v) is 1.93. The first-order valence-corrected chi connectivity index (χ1v) is 4.89. The molecule has 0 saturated carbocycles. The number of halogens is 3. The van der Waals surface area contributed by atoms with Crippen molar-refractivity contribution in [3.63, 3.8) is 0 Å². The number of benzene rings is 1. The topological polar surface area (TPSA) is 73.6 Å². The van der Waals surface area contributed by atoms with Crippen molar-refractivity contribution >= 4 is 5.97 Å². The summed E-state index contributed by atoms with van der Waals surface area (Å²) in [5, 5.41) is 0. The molecule has 0 spiro atoms. The molecule has 0 fully saturated rings. The zero-order valence-corrected chi connectivity index (χ0v) is 9.16. The van der Waals surface area contributed by atoms with Crippen LogP contribution in [0.15, 0.2) is 24.3 Å². The second-order valence-corrected chi connectivity index (χ2v) is 3.18. The number of hydrogen-bond acceptors (Lipinski definition) is 5. The van der Waals surface area contributed by atoms with E-state index in [9.17, 15) is 18.0 Å². The van der Waals surface area contributed by atoms with Crippen molar-refractivity contribution in [3.05, 3.63) is 29.8 Å². The van der Waals surface area contributed by atoms with Gasteiger partial charge >= 0.3 is 12.1 Å². The van der Waals surface area contributed by atoms with Crippen LogP contribution in [0.1, 0.15) is 12.0 Å². The van der Waals surface area contributed by atoms with Gasteiger partial charge in [-0.25, -0.2) is 5.84 Å². The van der Waals surface area contributed by atoms with E-state index < -0.39 is 17.7 Å². The van der Waals surface area contributed by atoms with Gasteiger partial charge in [-0.3, -0.25) is 4.79 Å². The average molecular weight is 264 g/mol. The number of nitrogens with two attached hydrogens (primary N) is 1. The molecule has 0 aromatic heterocycles. The van der Waals surface area contributed by atoms with E-state index in [4.69, 9.17) is 10.6 Å². The lowest BCUT2D eigenvalue weighted by atomic mass is 10.2. The fourth-order valence-electron chi connectivity index (χ4n) is 1.19. The molecule has 8 heteroatoms. The molecule has 0 atom stereocenters. The minimum atomic E-state index is -4.50. The molecule has 0 aliphatic rings. The Morgan fingerprint density at radius 1 is 1.33 bits per heavy atom. The highest BCUT2D eigenvalue weighted by molar-refractivity contribution is 5.69. The Kier molecular flexibility index (Phi) is 4.93. The Morgan fingerprint density at radius 3 is 2.61 bits per heavy atom. The first-order chi connectivity index (χ1) is 8.45. The lowest BCUT2D eigenvalue weighted by Crippen LogP contribution is -2.27. The quantitative estimate of drug-likeness (QED) is 0.621. The molecule has 3 N–H and O–H groups in total. The van der Waals surface area contributed by atoms with Crippen LogP contribution < -0.4 is 16.2 Å². The lowest BCUT2D eigenvalue weighted by molar-refractivity contribution is -0.151. The summed E-state index contributed by atoms with van der Waals surface area (Å²) in [5.74, 6) is 3.64. The maximum atomic E-state index is 12.6. The second-order valence-electron chi connectivity index (χ2n) is 3.18. The van der Waals surface area contributed by atoms with E-state index in [1.807, 2.05) is 0 Å². The highest BCUT2D eigenvalue weighted by Crippen LogP contribution is 2.35. The number of hydrogen-bond donors (Lipinski definition) is 2. The van der Waals surface area contributed by atoms with Crippen LogP contribution in [0.2, 0.25) is 0 Å². The number of para-hydroxylation sites is 1. The van der Waals surface area contributed by atoms with Gasteiger partial charge in [0.15, 0.2) is 0 Å². The Labute approximate surface area is 101 Å². The van der Waals surface area contributed by atoms with Gasteiger partial charge in [-0.1, -0.05) is 17.7 Å². The molecule has 1 aromatic carbocycles. The Hall–Kier alpha value is -1.80. The third kappa shape index (κ3) is 4.22. The molecule has 0 heterocycles. The number of hydrazine groups is 1. The van der Waals surface area contributed by atoms with Crippen LogP contribution in [0.5, 0.6) is 5.75 Å². The lowest BCUT2D eigenvalue weighted by Gasteiger charge is -2.13. The molecule has 0 amide bonds. The van der Waals surface area contributed by atoms with Gasteiger partial charge in [0.25, 0.3) is 0 Å². The Morgan fingerprint density at radius 2 is 2.00 bits per heavy atom. The van der Waals surface area contributed by atoms with Crippen LogP contribution in [0.25, 0.3) is 0 Å². The van der Waals surface area contributed by atoms with Crippen molar-refractivity contribution in [3.8, 4) is 5.75 Å². The van der Waals surface area contributed by atoms with Crippen molar-refractivity contribution in [2.24, 2.45) is 5.84 Å². The summed E-state index contributed by atoms with van der Waals surface area (Å²) in [5.41, 5.74) is 0.773. The van der Waals surface area contributed by atoms with Crippen LogP contribution in [0, 0.1) is 0 Å². The van der Waals surface area contributed by atoms with Crippen molar-refractivity contribution in [1.82, 2.24) is 5.59 Å². The van der Waals surface area contributed by atoms with Crippen LogP contribution in [-0.4, -0.2) is 12.6 Å². The monoisotopic (exact) mass is 264 g/mol. The van der Waals surface area contributed by atoms with Crippen LogP contribution in [0.3, 0.4) is 0 Å². The molecular weight excluding hydrogens is 253 g/mol. The van der Waals surface area contributed by atoms with E-state index in [-0.39, 0.29) is 18.8 Å². The maximum Gasteiger partial charge on any atom is 0.419 e. The summed E-state index contributed by atoms with van der Waals surface area (Å²) in [6.07, 6.45) is -4.73. The summed E-state index contributed by atoms with van der Waals surface area (Å²) < 4.78 is 42.6. The molecule has 5 nitrogen and oxygen atoms in total. The number of carbonyl (C=O) groups excluding carboxylic acids is 1. The molecule has 0 radical (unpaired) electrons. The van der Waals surface area contributed by atoms with Gasteiger partial charge in [0.2, 0.25) is 0 Å². The number of rotatable bonds is 5. The van der Waals surface area contributed by atoms with E-state index in [1.54, 1.807) is 5.59 Å². The van der Waals surface area contributed by atoms with Crippen molar-refractivity contribution in [2.45, 2.75) is 12.6 Å². The largest absolute Gasteiger partial charge is 0.492 e. The van der Waals surface area contributed by atoms with Gasteiger partial charge < -0.3 is 9.57 Å². The summed E-state index contributed by atoms with van der Waals surface area (Å²) >= 11 is 0. The van der Waals surface area contributed by atoms with E-state index in [0.29, 0.717) is 0 Å². The predicted octanol–water partition coefficient (Wildman–Crippen LogP) is 1.40. The summed E-state index contributed by atoms with van der Waals surface area (Å²) in [4.78, 5) is 15.0. The second kappa shape index (κ2) is 6.22. The SMILES string of the molecule is NNOC(=O)CCOc1ccccc1C(F)(F)F. The highest BCUT2D eigenvalue weighted by atomic mass is 19.4. The Balaban J connectivity index is 2.60. The standard InChI is InChI=1S/C10H11F3N2O3/c11-10(12,13)7-3-1-2-4-8(7)17-6-5-9(16)18-15-14/h1-4,15H,5-6,14H2. The molecule has 0 bridgehead atoms. The molecular formula is C10H11F3N2O3. The molecule has 0 aliphatic carbocycles. The van der Waals surface area contributed by atoms with E-state index in [0.717, 1.165) is 6.07 Å². The van der Waals surface area contributed by atoms with Crippen LogP contribution in [-0.2, 0) is 15.8 Å². The zero-order chi connectivity index (χ0) is 13.6. The predicted molar refractivity (Wildman–Crippen MR) is 55.0 cm³/mol. The minimum absolute atomic E-state index is 0.226. The fraction of sp³-hybridized carbons (Fsp3) is 0.300. The summed E-state index contributed by atoms with van der Waals surface area (Å²) in [6.45, 7) is -0.242. The third-order valence-electron chi connectivity index (χ3n) is 1.93. The van der Waals surface area contributed by atoms with Crippen molar-refractivity contribution in [1.29, 1.82) is 0 Å². The zero-order valence-electron chi connectivity index (χ0n) is 9.16. The van der Waals surface area contributed by atoms with Gasteiger partial charge in [-0.2, -0.15) is 13.2 Å². The van der Waals surface area contributed by atoms with Gasteiger partial charge in [0, 0.05) is 0 Å². The highest BCUT2D eigenvalue weighted by Gasteiger charge is 2.33. The average Bonchev–Trinajstić information content (AvgIpc) is 2.28. The molecule has 0 unspecified atom stereocenters. The van der Waals surface area contributed by atoms with Gasteiger partial charge in [0.05, 0.1) is 18.6 Å². The van der Waals surface area contributed by atoms with Gasteiger partial charge in [0.1, 0.15) is 5.75 Å². The van der Waals surface area contributed by atoms with E-state index >= 15 is 0 Å². The first-order valence-electron chi connectivity index (χ1n) is 4.89. The number of carbonyl (C=O) groups is 1. The Bertz CT molecular complexity index is 410. The molecule has 0 aliphatic heterocycles. The number of nitrogens with one attached hydrogen (secondary N) is 1. The van der Waals surface area contributed by atoms with Crippen LogP contribution in [0.4, 0.5) is 13.2 Å². The smallest absolute Gasteiger partial charge is 0.419 e. The minimum Gasteiger partial charge on any atom is -0.492 e. The van der Waals surface area contributed by atoms with Crippen LogP contribution >= 0.6 is 0 Å². The molecule has 18 heavy (non-hydrogen) atoms. The molecule has 100 valence electrons. The number of ether oxygens (including phenoxy) is 1. The maximum absolute atomic E-state index is 12.6. The summed E-state index contributed by atoms with van der Waals surface area (Å²) in [6, 6.07) is 4.73. The molecule has 0 saturated heterocycles. The van der Waals surface area contributed by atoms with Crippen molar-refractivity contribution < 1.29 is 27.5 Å². The van der Waals surface area contributed by atoms with E-state index in [2.05, 4.69) is 4.84 Å². The normalized spacial score (nSPS) is 11.1. The van der Waals surface area contributed by atoms with E-state index in [1.165, 1.54) is 18.2 Å². The fourth-order valence-corrected chi connectivity index (χ4v) is 1.19. The van der Waals surface area contributed by atoms with Gasteiger partial charge in [-0.05, 0) is 12.1 Å². The summed E-state index contributed by atoms with van der Waals surface area (Å²) in [7, 11) is 0.